The monoisotopic (exact) mass is 577 g/mol. The van der Waals surface area contributed by atoms with Gasteiger partial charge in [-0.1, -0.05) is 23.6 Å². The second-order valence-electron chi connectivity index (χ2n) is 9.67. The predicted octanol–water partition coefficient (Wildman–Crippen LogP) is 6.41. The Morgan fingerprint density at radius 1 is 1.27 bits per heavy atom. The fraction of sp³-hybridized carbons (Fsp3) is 0.267. The van der Waals surface area contributed by atoms with E-state index in [0.29, 0.717) is 40.3 Å². The molecule has 9 nitrogen and oxygen atoms in total. The Labute approximate surface area is 242 Å². The molecule has 212 valence electrons. The highest BCUT2D eigenvalue weighted by molar-refractivity contribution is 6.31. The van der Waals surface area contributed by atoms with Crippen LogP contribution in [-0.4, -0.2) is 47.2 Å². The number of ether oxygens (including phenoxy) is 2. The molecule has 0 radical (unpaired) electrons. The van der Waals surface area contributed by atoms with Crippen molar-refractivity contribution in [3.8, 4) is 24.2 Å². The zero-order valence-corrected chi connectivity index (χ0v) is 23.8. The third kappa shape index (κ3) is 8.34. The van der Waals surface area contributed by atoms with Crippen molar-refractivity contribution in [3.05, 3.63) is 65.1 Å². The Kier molecular flexibility index (Phi) is 10.1. The van der Waals surface area contributed by atoms with Gasteiger partial charge in [0.1, 0.15) is 23.2 Å². The number of nitriles is 1. The summed E-state index contributed by atoms with van der Waals surface area (Å²) in [5, 5.41) is 16.0. The third-order valence-electron chi connectivity index (χ3n) is 5.37. The lowest BCUT2D eigenvalue weighted by molar-refractivity contribution is -0.112. The van der Waals surface area contributed by atoms with Gasteiger partial charge in [-0.05, 0) is 52.0 Å². The Morgan fingerprint density at radius 3 is 2.66 bits per heavy atom. The van der Waals surface area contributed by atoms with Crippen LogP contribution in [0.1, 0.15) is 33.3 Å². The number of carbonyl (C=O) groups excluding carboxylic acids is 2. The number of carbonyl (C=O) groups is 2. The van der Waals surface area contributed by atoms with Crippen molar-refractivity contribution in [3.63, 3.8) is 0 Å². The number of rotatable bonds is 9. The molecule has 1 aromatic heterocycles. The van der Waals surface area contributed by atoms with Crippen molar-refractivity contribution in [2.24, 2.45) is 0 Å². The number of anilines is 3. The van der Waals surface area contributed by atoms with Gasteiger partial charge in [0.05, 0.1) is 40.6 Å². The lowest BCUT2D eigenvalue weighted by Crippen LogP contribution is -2.37. The fourth-order valence-corrected chi connectivity index (χ4v) is 3.81. The van der Waals surface area contributed by atoms with E-state index < -0.39 is 23.4 Å². The predicted molar refractivity (Wildman–Crippen MR) is 157 cm³/mol. The van der Waals surface area contributed by atoms with Crippen LogP contribution in [0.15, 0.2) is 48.7 Å². The van der Waals surface area contributed by atoms with Crippen LogP contribution < -0.4 is 15.4 Å². The number of fused-ring (bicyclic) bond motifs is 1. The molecule has 2 amide bonds. The highest BCUT2D eigenvalue weighted by Gasteiger charge is 2.21. The quantitative estimate of drug-likeness (QED) is 0.223. The van der Waals surface area contributed by atoms with Gasteiger partial charge in [0.15, 0.2) is 0 Å². The number of terminal acetylenes is 1. The van der Waals surface area contributed by atoms with Gasteiger partial charge in [-0.25, -0.2) is 9.18 Å². The molecule has 0 spiro atoms. The number of benzene rings is 2. The number of halogens is 2. The molecule has 0 unspecified atom stereocenters. The summed E-state index contributed by atoms with van der Waals surface area (Å²) in [7, 11) is 0. The summed E-state index contributed by atoms with van der Waals surface area (Å²) in [6, 6.07) is 9.44. The minimum absolute atomic E-state index is 0.00328. The van der Waals surface area contributed by atoms with Gasteiger partial charge in [0, 0.05) is 36.0 Å². The third-order valence-corrected chi connectivity index (χ3v) is 5.65. The maximum Gasteiger partial charge on any atom is 0.411 e. The molecule has 3 rings (SSSR count). The van der Waals surface area contributed by atoms with Crippen molar-refractivity contribution in [1.82, 2.24) is 9.88 Å². The normalized spacial score (nSPS) is 11.0. The summed E-state index contributed by atoms with van der Waals surface area (Å²) in [6.07, 6.45) is 8.93. The summed E-state index contributed by atoms with van der Waals surface area (Å²) >= 11 is 5.93. The molecule has 0 saturated heterocycles. The first kappa shape index (κ1) is 30.7. The van der Waals surface area contributed by atoms with E-state index in [4.69, 9.17) is 27.5 Å². The minimum atomic E-state index is -0.701. The van der Waals surface area contributed by atoms with E-state index in [1.807, 2.05) is 0 Å². The Balaban J connectivity index is 1.91. The molecule has 0 bridgehead atoms. The lowest BCUT2D eigenvalue weighted by Gasteiger charge is -2.25. The zero-order valence-electron chi connectivity index (χ0n) is 23.0. The molecule has 0 fully saturated rings. The molecule has 0 aliphatic rings. The van der Waals surface area contributed by atoms with Crippen LogP contribution in [0.25, 0.3) is 10.9 Å². The number of nitrogens with one attached hydrogen (secondary N) is 2. The van der Waals surface area contributed by atoms with Gasteiger partial charge in [0.25, 0.3) is 0 Å². The SMILES string of the molecule is C#CCN(C/C=C/C(=O)Nc1cc2c(Nc3ccc(F)c(Cl)c3)c(C#N)cnc2cc1OCC)C(=O)OC(C)(C)C. The van der Waals surface area contributed by atoms with Crippen molar-refractivity contribution >= 4 is 51.6 Å². The van der Waals surface area contributed by atoms with Crippen LogP contribution in [-0.2, 0) is 9.53 Å². The molecule has 41 heavy (non-hydrogen) atoms. The highest BCUT2D eigenvalue weighted by Crippen LogP contribution is 2.36. The van der Waals surface area contributed by atoms with E-state index in [1.165, 1.54) is 41.4 Å². The van der Waals surface area contributed by atoms with Crippen LogP contribution >= 0.6 is 11.6 Å². The number of amides is 2. The van der Waals surface area contributed by atoms with Gasteiger partial charge in [-0.3, -0.25) is 14.7 Å². The molecule has 0 aliphatic carbocycles. The number of nitrogens with zero attached hydrogens (tertiary/aromatic N) is 3. The molecular weight excluding hydrogens is 549 g/mol. The summed E-state index contributed by atoms with van der Waals surface area (Å²) in [5.41, 5.74) is 1.15. The molecule has 1 heterocycles. The molecule has 2 aromatic carbocycles. The first-order chi connectivity index (χ1) is 19.4. The standard InChI is InChI=1S/C30H29ClFN5O4/c1-6-12-37(29(39)41-30(3,4)5)13-8-9-27(38)36-25-15-21-24(16-26(25)40-7-2)34-18-19(17-33)28(21)35-20-10-11-23(32)22(31)14-20/h1,8-11,14-16,18H,7,12-13H2,2-5H3,(H,34,35)(H,36,38)/b9-8+. The van der Waals surface area contributed by atoms with Crippen molar-refractivity contribution in [2.75, 3.05) is 30.3 Å². The highest BCUT2D eigenvalue weighted by atomic mass is 35.5. The smallest absolute Gasteiger partial charge is 0.411 e. The summed E-state index contributed by atoms with van der Waals surface area (Å²) in [4.78, 5) is 30.9. The maximum absolute atomic E-state index is 13.7. The van der Waals surface area contributed by atoms with E-state index in [0.717, 1.165) is 0 Å². The molecule has 11 heteroatoms. The molecule has 0 aliphatic heterocycles. The number of aromatic nitrogens is 1. The number of pyridine rings is 1. The van der Waals surface area contributed by atoms with Crippen molar-refractivity contribution in [2.45, 2.75) is 33.3 Å². The summed E-state index contributed by atoms with van der Waals surface area (Å²) in [5.74, 6) is 1.68. The number of hydrogen-bond donors (Lipinski definition) is 2. The second kappa shape index (κ2) is 13.5. The lowest BCUT2D eigenvalue weighted by atomic mass is 10.1. The molecule has 0 saturated carbocycles. The van der Waals surface area contributed by atoms with E-state index in [1.54, 1.807) is 39.8 Å². The fourth-order valence-electron chi connectivity index (χ4n) is 3.63. The van der Waals surface area contributed by atoms with Crippen LogP contribution in [0, 0.1) is 29.5 Å². The maximum atomic E-state index is 13.7. The second-order valence-corrected chi connectivity index (χ2v) is 10.1. The molecular formula is C30H29ClFN5O4. The summed E-state index contributed by atoms with van der Waals surface area (Å²) < 4.78 is 24.8. The summed E-state index contributed by atoms with van der Waals surface area (Å²) in [6.45, 7) is 7.39. The van der Waals surface area contributed by atoms with E-state index >= 15 is 0 Å². The molecule has 3 aromatic rings. The van der Waals surface area contributed by atoms with Crippen LogP contribution in [0.5, 0.6) is 5.75 Å². The number of hydrogen-bond acceptors (Lipinski definition) is 7. The van der Waals surface area contributed by atoms with E-state index in [9.17, 15) is 19.2 Å². The average molecular weight is 578 g/mol. The largest absolute Gasteiger partial charge is 0.492 e. The topological polar surface area (TPSA) is 117 Å². The van der Waals surface area contributed by atoms with Crippen LogP contribution in [0.2, 0.25) is 5.02 Å². The Morgan fingerprint density at radius 2 is 2.02 bits per heavy atom. The first-order valence-corrected chi connectivity index (χ1v) is 12.9. The molecule has 2 N–H and O–H groups in total. The van der Waals surface area contributed by atoms with Crippen LogP contribution in [0.3, 0.4) is 0 Å². The Hall–Kier alpha value is -4.80. The van der Waals surface area contributed by atoms with E-state index in [-0.39, 0.29) is 23.7 Å². The first-order valence-electron chi connectivity index (χ1n) is 12.6. The van der Waals surface area contributed by atoms with Gasteiger partial charge in [0.2, 0.25) is 5.91 Å². The average Bonchev–Trinajstić information content (AvgIpc) is 2.90. The zero-order chi connectivity index (χ0) is 30.2. The van der Waals surface area contributed by atoms with Gasteiger partial charge < -0.3 is 20.1 Å². The van der Waals surface area contributed by atoms with Crippen LogP contribution in [0.4, 0.5) is 26.2 Å². The minimum Gasteiger partial charge on any atom is -0.492 e. The van der Waals surface area contributed by atoms with Gasteiger partial charge >= 0.3 is 6.09 Å². The van der Waals surface area contributed by atoms with Crippen molar-refractivity contribution in [1.29, 1.82) is 5.26 Å². The van der Waals surface area contributed by atoms with Gasteiger partial charge in [-0.15, -0.1) is 6.42 Å². The Bertz CT molecular complexity index is 1570. The van der Waals surface area contributed by atoms with Gasteiger partial charge in [-0.2, -0.15) is 5.26 Å². The van der Waals surface area contributed by atoms with E-state index in [2.05, 4.69) is 27.6 Å². The van der Waals surface area contributed by atoms with Crippen molar-refractivity contribution < 1.29 is 23.5 Å². The molecule has 0 atom stereocenters.